The highest BCUT2D eigenvalue weighted by Gasteiger charge is 2.04. The number of carbonyl (C=O) groups excluding carboxylic acids is 1. The van der Waals surface area contributed by atoms with Gasteiger partial charge in [0.15, 0.2) is 0 Å². The summed E-state index contributed by atoms with van der Waals surface area (Å²) in [4.78, 5) is 19.5. The van der Waals surface area contributed by atoms with Crippen molar-refractivity contribution in [1.29, 1.82) is 0 Å². The number of halogens is 1. The van der Waals surface area contributed by atoms with Gasteiger partial charge in [0.05, 0.1) is 17.5 Å². The number of benzene rings is 2. The number of nitrogens with zero attached hydrogens (tertiary/aromatic N) is 1. The second-order valence-electron chi connectivity index (χ2n) is 5.58. The standard InChI is InChI=1S/C18H18FN3O/c1-12-21-16-7-4-14(10-17(16)22-12)8-9-20-18(23)11-13-2-5-15(19)6-3-13/h2-7,10H,8-9,11H2,1H3,(H,20,23)(H,21,22). The molecule has 118 valence electrons. The molecule has 0 saturated heterocycles. The number of hydrogen-bond donors (Lipinski definition) is 2. The lowest BCUT2D eigenvalue weighted by Crippen LogP contribution is -2.27. The van der Waals surface area contributed by atoms with Gasteiger partial charge in [0.2, 0.25) is 5.91 Å². The van der Waals surface area contributed by atoms with E-state index in [0.29, 0.717) is 6.54 Å². The molecule has 0 radical (unpaired) electrons. The highest BCUT2D eigenvalue weighted by molar-refractivity contribution is 5.78. The second kappa shape index (κ2) is 6.60. The number of carbonyl (C=O) groups is 1. The summed E-state index contributed by atoms with van der Waals surface area (Å²) in [5.41, 5.74) is 3.91. The summed E-state index contributed by atoms with van der Waals surface area (Å²) in [7, 11) is 0. The molecule has 23 heavy (non-hydrogen) atoms. The smallest absolute Gasteiger partial charge is 0.224 e. The lowest BCUT2D eigenvalue weighted by atomic mass is 10.1. The molecule has 2 N–H and O–H groups in total. The third-order valence-corrected chi connectivity index (χ3v) is 3.68. The molecule has 0 aliphatic heterocycles. The first-order chi connectivity index (χ1) is 11.1. The maximum atomic E-state index is 12.8. The van der Waals surface area contributed by atoms with E-state index in [1.165, 1.54) is 12.1 Å². The molecule has 3 rings (SSSR count). The van der Waals surface area contributed by atoms with E-state index in [-0.39, 0.29) is 18.1 Å². The first-order valence-corrected chi connectivity index (χ1v) is 7.56. The highest BCUT2D eigenvalue weighted by atomic mass is 19.1. The number of hydrogen-bond acceptors (Lipinski definition) is 2. The number of aromatic amines is 1. The van der Waals surface area contributed by atoms with Crippen LogP contribution in [-0.4, -0.2) is 22.4 Å². The van der Waals surface area contributed by atoms with Crippen LogP contribution in [0.4, 0.5) is 4.39 Å². The van der Waals surface area contributed by atoms with Crippen molar-refractivity contribution in [3.05, 3.63) is 65.2 Å². The van der Waals surface area contributed by atoms with Crippen molar-refractivity contribution >= 4 is 16.9 Å². The predicted octanol–water partition coefficient (Wildman–Crippen LogP) is 2.91. The molecule has 2 aromatic carbocycles. The number of imidazole rings is 1. The molecule has 0 aliphatic carbocycles. The Bertz CT molecular complexity index is 824. The van der Waals surface area contributed by atoms with Crippen LogP contribution in [0.5, 0.6) is 0 Å². The Morgan fingerprint density at radius 3 is 2.70 bits per heavy atom. The molecule has 0 spiro atoms. The van der Waals surface area contributed by atoms with E-state index in [9.17, 15) is 9.18 Å². The van der Waals surface area contributed by atoms with Gasteiger partial charge in [-0.15, -0.1) is 0 Å². The second-order valence-corrected chi connectivity index (χ2v) is 5.58. The van der Waals surface area contributed by atoms with Gasteiger partial charge < -0.3 is 10.3 Å². The van der Waals surface area contributed by atoms with Gasteiger partial charge in [-0.1, -0.05) is 18.2 Å². The maximum Gasteiger partial charge on any atom is 0.224 e. The van der Waals surface area contributed by atoms with E-state index in [2.05, 4.69) is 21.4 Å². The van der Waals surface area contributed by atoms with Crippen LogP contribution in [0.3, 0.4) is 0 Å². The summed E-state index contributed by atoms with van der Waals surface area (Å²) in [5.74, 6) is 0.540. The molecule has 3 aromatic rings. The van der Waals surface area contributed by atoms with Gasteiger partial charge in [-0.2, -0.15) is 0 Å². The SMILES string of the molecule is Cc1nc2ccc(CCNC(=O)Cc3ccc(F)cc3)cc2[nH]1. The fourth-order valence-corrected chi connectivity index (χ4v) is 2.54. The van der Waals surface area contributed by atoms with Crippen molar-refractivity contribution in [2.24, 2.45) is 0 Å². The molecule has 0 fully saturated rings. The van der Waals surface area contributed by atoms with Crippen LogP contribution >= 0.6 is 0 Å². The molecular weight excluding hydrogens is 293 g/mol. The van der Waals surface area contributed by atoms with E-state index < -0.39 is 0 Å². The number of rotatable bonds is 5. The summed E-state index contributed by atoms with van der Waals surface area (Å²) >= 11 is 0. The Hall–Kier alpha value is -2.69. The average Bonchev–Trinajstić information content (AvgIpc) is 2.89. The molecule has 0 aliphatic rings. The zero-order chi connectivity index (χ0) is 16.2. The van der Waals surface area contributed by atoms with Crippen molar-refractivity contribution in [3.63, 3.8) is 0 Å². The zero-order valence-corrected chi connectivity index (χ0v) is 12.9. The predicted molar refractivity (Wildman–Crippen MR) is 87.6 cm³/mol. The zero-order valence-electron chi connectivity index (χ0n) is 12.9. The summed E-state index contributed by atoms with van der Waals surface area (Å²) < 4.78 is 12.8. The number of aromatic nitrogens is 2. The molecule has 1 aromatic heterocycles. The third kappa shape index (κ3) is 3.94. The molecule has 5 heteroatoms. The quantitative estimate of drug-likeness (QED) is 0.761. The topological polar surface area (TPSA) is 57.8 Å². The minimum Gasteiger partial charge on any atom is -0.355 e. The Morgan fingerprint density at radius 1 is 1.17 bits per heavy atom. The van der Waals surface area contributed by atoms with Crippen LogP contribution in [0, 0.1) is 12.7 Å². The van der Waals surface area contributed by atoms with Crippen LogP contribution in [0.15, 0.2) is 42.5 Å². The molecule has 1 amide bonds. The first-order valence-electron chi connectivity index (χ1n) is 7.56. The minimum absolute atomic E-state index is 0.0601. The fourth-order valence-electron chi connectivity index (χ4n) is 2.54. The van der Waals surface area contributed by atoms with E-state index in [0.717, 1.165) is 34.4 Å². The van der Waals surface area contributed by atoms with Gasteiger partial charge in [0.25, 0.3) is 0 Å². The lowest BCUT2D eigenvalue weighted by molar-refractivity contribution is -0.120. The lowest BCUT2D eigenvalue weighted by Gasteiger charge is -2.06. The van der Waals surface area contributed by atoms with Crippen LogP contribution in [0.1, 0.15) is 17.0 Å². The molecule has 0 unspecified atom stereocenters. The number of H-pyrrole nitrogens is 1. The third-order valence-electron chi connectivity index (χ3n) is 3.68. The molecule has 1 heterocycles. The summed E-state index contributed by atoms with van der Waals surface area (Å²) in [6.45, 7) is 2.49. The number of amides is 1. The summed E-state index contributed by atoms with van der Waals surface area (Å²) in [6, 6.07) is 12.0. The highest BCUT2D eigenvalue weighted by Crippen LogP contribution is 2.13. The van der Waals surface area contributed by atoms with Crippen molar-refractivity contribution in [2.45, 2.75) is 19.8 Å². The van der Waals surface area contributed by atoms with Crippen molar-refractivity contribution < 1.29 is 9.18 Å². The van der Waals surface area contributed by atoms with E-state index >= 15 is 0 Å². The Labute approximate surface area is 133 Å². The van der Waals surface area contributed by atoms with Gasteiger partial charge in [-0.05, 0) is 48.7 Å². The number of aryl methyl sites for hydroxylation is 1. The summed E-state index contributed by atoms with van der Waals surface area (Å²) in [5, 5.41) is 2.89. The van der Waals surface area contributed by atoms with Gasteiger partial charge in [-0.25, -0.2) is 9.37 Å². The van der Waals surface area contributed by atoms with Crippen LogP contribution in [0.25, 0.3) is 11.0 Å². The minimum atomic E-state index is -0.293. The maximum absolute atomic E-state index is 12.8. The van der Waals surface area contributed by atoms with E-state index in [4.69, 9.17) is 0 Å². The molecular formula is C18H18FN3O. The Morgan fingerprint density at radius 2 is 1.91 bits per heavy atom. The molecule has 0 bridgehead atoms. The number of nitrogens with one attached hydrogen (secondary N) is 2. The monoisotopic (exact) mass is 311 g/mol. The van der Waals surface area contributed by atoms with E-state index in [1.54, 1.807) is 12.1 Å². The molecule has 0 saturated carbocycles. The van der Waals surface area contributed by atoms with Gasteiger partial charge >= 0.3 is 0 Å². The Kier molecular flexibility index (Phi) is 4.37. The molecule has 4 nitrogen and oxygen atoms in total. The first kappa shape index (κ1) is 15.2. The van der Waals surface area contributed by atoms with Gasteiger partial charge in [0, 0.05) is 6.54 Å². The van der Waals surface area contributed by atoms with E-state index in [1.807, 2.05) is 19.1 Å². The molecule has 0 atom stereocenters. The largest absolute Gasteiger partial charge is 0.355 e. The average molecular weight is 311 g/mol. The normalized spacial score (nSPS) is 10.9. The van der Waals surface area contributed by atoms with Gasteiger partial charge in [-0.3, -0.25) is 4.79 Å². The van der Waals surface area contributed by atoms with Crippen molar-refractivity contribution in [1.82, 2.24) is 15.3 Å². The Balaban J connectivity index is 1.51. The number of fused-ring (bicyclic) bond motifs is 1. The van der Waals surface area contributed by atoms with Crippen molar-refractivity contribution in [3.8, 4) is 0 Å². The van der Waals surface area contributed by atoms with Crippen LogP contribution < -0.4 is 5.32 Å². The summed E-state index contributed by atoms with van der Waals surface area (Å²) in [6.07, 6.45) is 1.02. The van der Waals surface area contributed by atoms with Gasteiger partial charge in [0.1, 0.15) is 11.6 Å². The van der Waals surface area contributed by atoms with Crippen LogP contribution in [0.2, 0.25) is 0 Å². The fraction of sp³-hybridized carbons (Fsp3) is 0.222. The van der Waals surface area contributed by atoms with Crippen molar-refractivity contribution in [2.75, 3.05) is 6.54 Å². The van der Waals surface area contributed by atoms with Crippen LogP contribution in [-0.2, 0) is 17.6 Å².